The Balaban J connectivity index is 2.36. The molecule has 3 heteroatoms. The number of benzene rings is 1. The molecule has 0 atom stereocenters. The molecule has 0 aliphatic heterocycles. The van der Waals surface area contributed by atoms with Gasteiger partial charge in [0.05, 0.1) is 6.42 Å². The largest absolute Gasteiger partial charge is 0.481 e. The van der Waals surface area contributed by atoms with Crippen LogP contribution >= 0.6 is 15.9 Å². The quantitative estimate of drug-likeness (QED) is 0.914. The molecule has 1 saturated carbocycles. The lowest BCUT2D eigenvalue weighted by molar-refractivity contribution is -0.137. The molecule has 0 aromatic heterocycles. The van der Waals surface area contributed by atoms with Gasteiger partial charge in [-0.15, -0.1) is 0 Å². The second kappa shape index (κ2) is 3.63. The van der Waals surface area contributed by atoms with Gasteiger partial charge in [-0.05, 0) is 43.0 Å². The van der Waals surface area contributed by atoms with Crippen LogP contribution in [0.1, 0.15) is 30.4 Å². The van der Waals surface area contributed by atoms with Crippen molar-refractivity contribution in [3.8, 4) is 0 Å². The van der Waals surface area contributed by atoms with E-state index in [-0.39, 0.29) is 11.8 Å². The Morgan fingerprint density at radius 2 is 2.20 bits per heavy atom. The fraction of sp³-hybridized carbons (Fsp3) is 0.417. The Bertz CT molecular complexity index is 408. The third-order valence-corrected chi connectivity index (χ3v) is 3.61. The second-order valence-electron chi connectivity index (χ2n) is 4.31. The van der Waals surface area contributed by atoms with Crippen molar-refractivity contribution in [1.29, 1.82) is 0 Å². The fourth-order valence-corrected chi connectivity index (χ4v) is 2.51. The van der Waals surface area contributed by atoms with Gasteiger partial charge in [0.25, 0.3) is 0 Å². The predicted octanol–water partition coefficient (Wildman–Crippen LogP) is 3.26. The summed E-state index contributed by atoms with van der Waals surface area (Å²) < 4.78 is 1.03. The van der Waals surface area contributed by atoms with Crippen LogP contribution in [-0.2, 0) is 10.2 Å². The number of rotatable bonds is 3. The van der Waals surface area contributed by atoms with Gasteiger partial charge in [-0.25, -0.2) is 0 Å². The molecule has 1 aliphatic carbocycles. The van der Waals surface area contributed by atoms with Gasteiger partial charge in [0, 0.05) is 9.89 Å². The molecule has 1 fully saturated rings. The number of aryl methyl sites for hydroxylation is 1. The Morgan fingerprint density at radius 3 is 2.73 bits per heavy atom. The number of carbonyl (C=O) groups is 1. The van der Waals surface area contributed by atoms with Gasteiger partial charge < -0.3 is 5.11 Å². The van der Waals surface area contributed by atoms with Crippen LogP contribution in [0.3, 0.4) is 0 Å². The maximum Gasteiger partial charge on any atom is 0.304 e. The summed E-state index contributed by atoms with van der Waals surface area (Å²) in [5.74, 6) is -0.702. The first-order valence-electron chi connectivity index (χ1n) is 5.02. The molecule has 0 bridgehead atoms. The van der Waals surface area contributed by atoms with Crippen LogP contribution in [0, 0.1) is 6.92 Å². The molecule has 1 aromatic carbocycles. The van der Waals surface area contributed by atoms with E-state index in [2.05, 4.69) is 22.0 Å². The van der Waals surface area contributed by atoms with Crippen molar-refractivity contribution in [1.82, 2.24) is 0 Å². The summed E-state index contributed by atoms with van der Waals surface area (Å²) in [5.41, 5.74) is 2.30. The minimum Gasteiger partial charge on any atom is -0.481 e. The zero-order valence-electron chi connectivity index (χ0n) is 8.59. The van der Waals surface area contributed by atoms with Crippen molar-refractivity contribution in [3.63, 3.8) is 0 Å². The van der Waals surface area contributed by atoms with E-state index in [4.69, 9.17) is 5.11 Å². The van der Waals surface area contributed by atoms with Crippen LogP contribution in [0.2, 0.25) is 0 Å². The highest BCUT2D eigenvalue weighted by molar-refractivity contribution is 9.10. The van der Waals surface area contributed by atoms with Crippen molar-refractivity contribution in [2.24, 2.45) is 0 Å². The lowest BCUT2D eigenvalue weighted by Crippen LogP contribution is -2.14. The lowest BCUT2D eigenvalue weighted by atomic mass is 9.89. The van der Waals surface area contributed by atoms with E-state index in [9.17, 15) is 4.79 Å². The van der Waals surface area contributed by atoms with E-state index >= 15 is 0 Å². The van der Waals surface area contributed by atoms with Crippen LogP contribution in [0.25, 0.3) is 0 Å². The van der Waals surface area contributed by atoms with Gasteiger partial charge in [-0.1, -0.05) is 22.0 Å². The Labute approximate surface area is 97.4 Å². The smallest absolute Gasteiger partial charge is 0.304 e. The topological polar surface area (TPSA) is 37.3 Å². The minimum atomic E-state index is -0.702. The van der Waals surface area contributed by atoms with Gasteiger partial charge in [0.15, 0.2) is 0 Å². The highest BCUT2D eigenvalue weighted by Gasteiger charge is 2.46. The summed E-state index contributed by atoms with van der Waals surface area (Å²) >= 11 is 3.44. The highest BCUT2D eigenvalue weighted by atomic mass is 79.9. The van der Waals surface area contributed by atoms with Gasteiger partial charge in [0.2, 0.25) is 0 Å². The molecule has 15 heavy (non-hydrogen) atoms. The van der Waals surface area contributed by atoms with E-state index in [0.29, 0.717) is 0 Å². The van der Waals surface area contributed by atoms with E-state index in [1.54, 1.807) is 0 Å². The molecule has 80 valence electrons. The minimum absolute atomic E-state index is 0.0836. The first-order valence-corrected chi connectivity index (χ1v) is 5.81. The van der Waals surface area contributed by atoms with Crippen molar-refractivity contribution >= 4 is 21.9 Å². The Morgan fingerprint density at radius 1 is 1.53 bits per heavy atom. The average Bonchev–Trinajstić information content (AvgIpc) is 2.89. The second-order valence-corrected chi connectivity index (χ2v) is 5.23. The van der Waals surface area contributed by atoms with Crippen LogP contribution in [0.4, 0.5) is 0 Å². The third kappa shape index (κ3) is 2.07. The van der Waals surface area contributed by atoms with Crippen LogP contribution in [0.5, 0.6) is 0 Å². The molecule has 1 aromatic rings. The standard InChI is InChI=1S/C12H13BrO2/c1-8-2-3-9(13)6-10(8)12(4-5-12)7-11(14)15/h2-3,6H,4-5,7H2,1H3,(H,14,15). The molecule has 2 rings (SSSR count). The van der Waals surface area contributed by atoms with E-state index in [1.807, 2.05) is 19.1 Å². The molecular formula is C12H13BrO2. The summed E-state index contributed by atoms with van der Waals surface area (Å²) in [6.07, 6.45) is 2.25. The van der Waals surface area contributed by atoms with Crippen molar-refractivity contribution in [2.75, 3.05) is 0 Å². The summed E-state index contributed by atoms with van der Waals surface area (Å²) in [5, 5.41) is 8.90. The number of aliphatic carboxylic acids is 1. The maximum absolute atomic E-state index is 10.8. The summed E-state index contributed by atoms with van der Waals surface area (Å²) in [7, 11) is 0. The summed E-state index contributed by atoms with van der Waals surface area (Å²) in [4.78, 5) is 10.8. The van der Waals surface area contributed by atoms with Gasteiger partial charge >= 0.3 is 5.97 Å². The zero-order valence-corrected chi connectivity index (χ0v) is 10.2. The SMILES string of the molecule is Cc1ccc(Br)cc1C1(CC(=O)O)CC1. The van der Waals surface area contributed by atoms with Crippen LogP contribution in [-0.4, -0.2) is 11.1 Å². The first kappa shape index (κ1) is 10.7. The predicted molar refractivity (Wildman–Crippen MR) is 62.0 cm³/mol. The number of carboxylic acids is 1. The Kier molecular flexibility index (Phi) is 2.59. The molecule has 0 amide bonds. The van der Waals surface area contributed by atoms with Crippen LogP contribution in [0.15, 0.2) is 22.7 Å². The van der Waals surface area contributed by atoms with Crippen molar-refractivity contribution in [3.05, 3.63) is 33.8 Å². The van der Waals surface area contributed by atoms with Gasteiger partial charge in [-0.2, -0.15) is 0 Å². The van der Waals surface area contributed by atoms with Crippen LogP contribution < -0.4 is 0 Å². The van der Waals surface area contributed by atoms with E-state index < -0.39 is 5.97 Å². The molecule has 2 nitrogen and oxygen atoms in total. The third-order valence-electron chi connectivity index (χ3n) is 3.11. The van der Waals surface area contributed by atoms with E-state index in [1.165, 1.54) is 11.1 Å². The van der Waals surface area contributed by atoms with Gasteiger partial charge in [0.1, 0.15) is 0 Å². The molecule has 0 saturated heterocycles. The normalized spacial score (nSPS) is 17.5. The molecular weight excluding hydrogens is 256 g/mol. The first-order chi connectivity index (χ1) is 7.03. The monoisotopic (exact) mass is 268 g/mol. The summed E-state index contributed by atoms with van der Waals surface area (Å²) in [6, 6.07) is 6.10. The molecule has 0 spiro atoms. The summed E-state index contributed by atoms with van der Waals surface area (Å²) in [6.45, 7) is 2.05. The fourth-order valence-electron chi connectivity index (χ4n) is 2.15. The Hall–Kier alpha value is -0.830. The lowest BCUT2D eigenvalue weighted by Gasteiger charge is -2.16. The van der Waals surface area contributed by atoms with Crippen molar-refractivity contribution in [2.45, 2.75) is 31.6 Å². The number of hydrogen-bond acceptors (Lipinski definition) is 1. The number of hydrogen-bond donors (Lipinski definition) is 1. The van der Waals surface area contributed by atoms with Crippen molar-refractivity contribution < 1.29 is 9.90 Å². The number of carboxylic acid groups (broad SMARTS) is 1. The van der Waals surface area contributed by atoms with E-state index in [0.717, 1.165) is 17.3 Å². The molecule has 1 N–H and O–H groups in total. The zero-order chi connectivity index (χ0) is 11.1. The molecule has 0 unspecified atom stereocenters. The number of halogens is 1. The molecule has 1 aliphatic rings. The average molecular weight is 269 g/mol. The maximum atomic E-state index is 10.8. The molecule has 0 radical (unpaired) electrons. The highest BCUT2D eigenvalue weighted by Crippen LogP contribution is 2.52. The molecule has 0 heterocycles. The van der Waals surface area contributed by atoms with Gasteiger partial charge in [-0.3, -0.25) is 4.79 Å².